The lowest BCUT2D eigenvalue weighted by atomic mass is 10.1. The average Bonchev–Trinajstić information content (AvgIpc) is 2.92. The van der Waals surface area contributed by atoms with Gasteiger partial charge in [0.15, 0.2) is 0 Å². The number of hydrazine groups is 1. The largest absolute Gasteiger partial charge is 0.363 e. The van der Waals surface area contributed by atoms with Crippen LogP contribution in [0.3, 0.4) is 0 Å². The monoisotopic (exact) mass is 392 g/mol. The zero-order chi connectivity index (χ0) is 19.9. The first kappa shape index (κ1) is 18.8. The molecule has 1 aromatic rings. The fraction of sp³-hybridized carbons (Fsp3) is 0.375. The summed E-state index contributed by atoms with van der Waals surface area (Å²) in [7, 11) is -3.97. The van der Waals surface area contributed by atoms with E-state index in [9.17, 15) is 18.0 Å². The molecule has 0 fully saturated rings. The molecule has 10 nitrogen and oxygen atoms in total. The van der Waals surface area contributed by atoms with E-state index < -0.39 is 15.9 Å². The van der Waals surface area contributed by atoms with Crippen LogP contribution >= 0.6 is 0 Å². The second-order valence-corrected chi connectivity index (χ2v) is 8.18. The number of amidine groups is 1. The lowest BCUT2D eigenvalue weighted by Crippen LogP contribution is -2.53. The molecule has 1 atom stereocenters. The van der Waals surface area contributed by atoms with E-state index >= 15 is 0 Å². The van der Waals surface area contributed by atoms with Crippen molar-refractivity contribution in [2.75, 3.05) is 11.6 Å². The summed E-state index contributed by atoms with van der Waals surface area (Å²) in [5.74, 6) is -1.53. The van der Waals surface area contributed by atoms with Gasteiger partial charge >= 0.3 is 0 Å². The van der Waals surface area contributed by atoms with E-state index in [0.29, 0.717) is 0 Å². The van der Waals surface area contributed by atoms with Gasteiger partial charge in [-0.3, -0.25) is 9.59 Å². The Hall–Kier alpha value is -2.95. The third-order valence-electron chi connectivity index (χ3n) is 4.36. The second kappa shape index (κ2) is 6.65. The van der Waals surface area contributed by atoms with Gasteiger partial charge in [-0.15, -0.1) is 4.40 Å². The Morgan fingerprint density at radius 1 is 1.22 bits per heavy atom. The van der Waals surface area contributed by atoms with Crippen molar-refractivity contribution in [2.24, 2.45) is 21.0 Å². The molecule has 0 bridgehead atoms. The number of sulfonamides is 1. The first-order chi connectivity index (χ1) is 12.6. The fourth-order valence-corrected chi connectivity index (χ4v) is 3.74. The van der Waals surface area contributed by atoms with Crippen LogP contribution in [0.2, 0.25) is 0 Å². The van der Waals surface area contributed by atoms with Gasteiger partial charge in [0.25, 0.3) is 21.9 Å². The lowest BCUT2D eigenvalue weighted by molar-refractivity contribution is -0.122. The number of nitrogens with zero attached hydrogens (tertiary/aromatic N) is 4. The number of carbonyl (C=O) groups excluding carboxylic acids is 2. The fourth-order valence-electron chi connectivity index (χ4n) is 2.64. The molecule has 2 aliphatic heterocycles. The number of amides is 2. The minimum atomic E-state index is -3.97. The zero-order valence-electron chi connectivity index (χ0n) is 15.1. The van der Waals surface area contributed by atoms with Crippen molar-refractivity contribution in [1.82, 2.24) is 10.3 Å². The molecule has 0 saturated carbocycles. The number of para-hydroxylation sites is 1. The summed E-state index contributed by atoms with van der Waals surface area (Å²) in [5.41, 5.74) is 5.62. The summed E-state index contributed by atoms with van der Waals surface area (Å²) in [6.45, 7) is 5.53. The maximum Gasteiger partial charge on any atom is 0.287 e. The third kappa shape index (κ3) is 3.37. The molecule has 0 saturated heterocycles. The molecule has 2 amide bonds. The van der Waals surface area contributed by atoms with Gasteiger partial charge in [-0.1, -0.05) is 26.0 Å². The Labute approximate surface area is 156 Å². The van der Waals surface area contributed by atoms with Gasteiger partial charge < -0.3 is 11.1 Å². The van der Waals surface area contributed by atoms with Crippen LogP contribution in [0.15, 0.2) is 38.6 Å². The van der Waals surface area contributed by atoms with E-state index in [1.54, 1.807) is 18.2 Å². The Bertz CT molecular complexity index is 969. The number of carbonyl (C=O) groups is 2. The molecule has 2 aliphatic rings. The second-order valence-electron chi connectivity index (χ2n) is 6.60. The average molecular weight is 392 g/mol. The SMILES string of the molecule is CC(C)C(C)NC(=O)CN1C(C(N)=O)=NC2=NS(=O)(=O)c3ccccc3N21. The molecule has 1 unspecified atom stereocenters. The quantitative estimate of drug-likeness (QED) is 0.713. The predicted octanol–water partition coefficient (Wildman–Crippen LogP) is -0.174. The van der Waals surface area contributed by atoms with Crippen molar-refractivity contribution in [3.8, 4) is 0 Å². The highest BCUT2D eigenvalue weighted by Crippen LogP contribution is 2.34. The molecule has 27 heavy (non-hydrogen) atoms. The highest BCUT2D eigenvalue weighted by molar-refractivity contribution is 7.90. The molecule has 0 aliphatic carbocycles. The van der Waals surface area contributed by atoms with Crippen molar-refractivity contribution in [3.63, 3.8) is 0 Å². The van der Waals surface area contributed by atoms with E-state index in [-0.39, 0.29) is 46.8 Å². The predicted molar refractivity (Wildman–Crippen MR) is 99.3 cm³/mol. The molecule has 11 heteroatoms. The number of nitrogens with two attached hydrogens (primary N) is 1. The minimum Gasteiger partial charge on any atom is -0.363 e. The highest BCUT2D eigenvalue weighted by atomic mass is 32.2. The minimum absolute atomic E-state index is 0.0457. The van der Waals surface area contributed by atoms with Crippen LogP contribution in [-0.2, 0) is 19.6 Å². The number of benzene rings is 1. The van der Waals surface area contributed by atoms with E-state index in [0.717, 1.165) is 0 Å². The maximum atomic E-state index is 12.5. The maximum absolute atomic E-state index is 12.5. The summed E-state index contributed by atoms with van der Waals surface area (Å²) >= 11 is 0. The van der Waals surface area contributed by atoms with Crippen LogP contribution in [0, 0.1) is 5.92 Å². The van der Waals surface area contributed by atoms with E-state index in [2.05, 4.69) is 14.7 Å². The summed E-state index contributed by atoms with van der Waals surface area (Å²) in [6, 6.07) is 6.05. The standard InChI is InChI=1S/C16H20N6O4S/c1-9(2)10(3)18-13(23)8-21-15(14(17)24)19-16-20-27(25,26)12-7-5-4-6-11(12)22(16)21/h4-7,9-10H,8H2,1-3H3,(H2,17,24)(H,18,23). The van der Waals surface area contributed by atoms with Crippen LogP contribution < -0.4 is 16.1 Å². The number of hydrogen-bond donors (Lipinski definition) is 2. The van der Waals surface area contributed by atoms with Gasteiger partial charge in [0.1, 0.15) is 11.4 Å². The number of hydrogen-bond acceptors (Lipinski definition) is 7. The number of rotatable bonds is 5. The number of primary amides is 1. The van der Waals surface area contributed by atoms with Crippen molar-refractivity contribution >= 4 is 39.3 Å². The van der Waals surface area contributed by atoms with Gasteiger partial charge in [-0.2, -0.15) is 13.4 Å². The van der Waals surface area contributed by atoms with E-state index in [4.69, 9.17) is 5.73 Å². The first-order valence-corrected chi connectivity index (χ1v) is 9.75. The van der Waals surface area contributed by atoms with Crippen molar-refractivity contribution < 1.29 is 18.0 Å². The molecule has 0 aromatic heterocycles. The van der Waals surface area contributed by atoms with Gasteiger partial charge in [0.2, 0.25) is 11.7 Å². The number of anilines is 1. The number of guanidine groups is 1. The number of fused-ring (bicyclic) bond motifs is 3. The third-order valence-corrected chi connectivity index (χ3v) is 5.66. The first-order valence-electron chi connectivity index (χ1n) is 8.31. The Balaban J connectivity index is 2.00. The van der Waals surface area contributed by atoms with Gasteiger partial charge in [0, 0.05) is 6.04 Å². The highest BCUT2D eigenvalue weighted by Gasteiger charge is 2.42. The molecule has 0 radical (unpaired) electrons. The summed E-state index contributed by atoms with van der Waals surface area (Å²) in [4.78, 5) is 28.2. The molecule has 1 aromatic carbocycles. The summed E-state index contributed by atoms with van der Waals surface area (Å²) in [6.07, 6.45) is 0. The summed E-state index contributed by atoms with van der Waals surface area (Å²) < 4.78 is 28.3. The van der Waals surface area contributed by atoms with Gasteiger partial charge in [-0.25, -0.2) is 10.0 Å². The normalized spacial score (nSPS) is 18.4. The molecule has 144 valence electrons. The Morgan fingerprint density at radius 3 is 2.52 bits per heavy atom. The molecule has 0 spiro atoms. The molecule has 3 N–H and O–H groups in total. The zero-order valence-corrected chi connectivity index (χ0v) is 15.9. The number of aliphatic imine (C=N–C) groups is 1. The molecular weight excluding hydrogens is 372 g/mol. The van der Waals surface area contributed by atoms with Crippen LogP contribution in [-0.4, -0.2) is 49.6 Å². The lowest BCUT2D eigenvalue weighted by Gasteiger charge is -2.33. The smallest absolute Gasteiger partial charge is 0.287 e. The van der Waals surface area contributed by atoms with Crippen LogP contribution in [0.25, 0.3) is 0 Å². The van der Waals surface area contributed by atoms with Crippen molar-refractivity contribution in [1.29, 1.82) is 0 Å². The molecular formula is C16H20N6O4S. The van der Waals surface area contributed by atoms with Crippen LogP contribution in [0.1, 0.15) is 20.8 Å². The Kier molecular flexibility index (Phi) is 4.64. The topological polar surface area (TPSA) is 138 Å². The van der Waals surface area contributed by atoms with Crippen molar-refractivity contribution in [2.45, 2.75) is 31.7 Å². The Morgan fingerprint density at radius 2 is 1.89 bits per heavy atom. The van der Waals surface area contributed by atoms with Gasteiger partial charge in [0.05, 0.1) is 5.69 Å². The molecule has 2 heterocycles. The van der Waals surface area contributed by atoms with Gasteiger partial charge in [-0.05, 0) is 25.0 Å². The van der Waals surface area contributed by atoms with E-state index in [1.807, 2.05) is 20.8 Å². The van der Waals surface area contributed by atoms with Crippen LogP contribution in [0.5, 0.6) is 0 Å². The van der Waals surface area contributed by atoms with E-state index in [1.165, 1.54) is 16.1 Å². The van der Waals surface area contributed by atoms with Crippen molar-refractivity contribution in [3.05, 3.63) is 24.3 Å². The van der Waals surface area contributed by atoms with Crippen LogP contribution in [0.4, 0.5) is 5.69 Å². The number of nitrogens with one attached hydrogen (secondary N) is 1. The summed E-state index contributed by atoms with van der Waals surface area (Å²) in [5, 5.41) is 5.38. The molecule has 3 rings (SSSR count).